The molecule has 0 atom stereocenters. The number of nitrogens with zero attached hydrogens (tertiary/aromatic N) is 1. The third-order valence-electron chi connectivity index (χ3n) is 3.10. The first kappa shape index (κ1) is 14.4. The van der Waals surface area contributed by atoms with Gasteiger partial charge in [-0.1, -0.05) is 42.5 Å². The van der Waals surface area contributed by atoms with Crippen molar-refractivity contribution in [2.24, 2.45) is 0 Å². The smallest absolute Gasteiger partial charge is 0.275 e. The molecule has 0 aliphatic carbocycles. The van der Waals surface area contributed by atoms with E-state index in [-0.39, 0.29) is 5.69 Å². The Morgan fingerprint density at radius 1 is 1.09 bits per heavy atom. The van der Waals surface area contributed by atoms with Gasteiger partial charge in [0.2, 0.25) is 0 Å². The highest BCUT2D eigenvalue weighted by molar-refractivity contribution is 7.09. The van der Waals surface area contributed by atoms with Gasteiger partial charge in [-0.05, 0) is 17.7 Å². The maximum absolute atomic E-state index is 13.5. The van der Waals surface area contributed by atoms with Crippen LogP contribution in [-0.4, -0.2) is 10.9 Å². The number of thiazole rings is 1. The van der Waals surface area contributed by atoms with E-state index >= 15 is 0 Å². The zero-order chi connectivity index (χ0) is 15.4. The quantitative estimate of drug-likeness (QED) is 0.787. The number of aromatic nitrogens is 1. The van der Waals surface area contributed by atoms with Crippen molar-refractivity contribution in [3.63, 3.8) is 0 Å². The second kappa shape index (κ2) is 6.49. The van der Waals surface area contributed by atoms with Crippen molar-refractivity contribution in [3.05, 3.63) is 82.1 Å². The summed E-state index contributed by atoms with van der Waals surface area (Å²) in [6.07, 6.45) is 0.679. The highest BCUT2D eigenvalue weighted by Gasteiger charge is 2.13. The molecule has 0 aliphatic rings. The molecule has 0 bridgehead atoms. The predicted molar refractivity (Wildman–Crippen MR) is 85.7 cm³/mol. The van der Waals surface area contributed by atoms with Crippen molar-refractivity contribution >= 4 is 22.9 Å². The maximum Gasteiger partial charge on any atom is 0.275 e. The van der Waals surface area contributed by atoms with Crippen LogP contribution in [0.25, 0.3) is 0 Å². The van der Waals surface area contributed by atoms with Crippen LogP contribution in [0.15, 0.2) is 60.0 Å². The lowest BCUT2D eigenvalue weighted by Crippen LogP contribution is -2.13. The second-order valence-electron chi connectivity index (χ2n) is 4.72. The molecule has 1 N–H and O–H groups in total. The van der Waals surface area contributed by atoms with Crippen LogP contribution in [-0.2, 0) is 6.42 Å². The summed E-state index contributed by atoms with van der Waals surface area (Å²) in [7, 11) is 0. The van der Waals surface area contributed by atoms with Crippen LogP contribution >= 0.6 is 11.3 Å². The van der Waals surface area contributed by atoms with Gasteiger partial charge in [-0.2, -0.15) is 0 Å². The lowest BCUT2D eigenvalue weighted by Gasteiger charge is -2.03. The average molecular weight is 312 g/mol. The number of carbonyl (C=O) groups is 1. The molecule has 0 saturated carbocycles. The standard InChI is InChI=1S/C17H13FN2OS/c18-13-8-4-5-9-14(13)20-17(21)15-11-22-16(19-15)10-12-6-2-1-3-7-12/h1-9,11H,10H2,(H,20,21). The van der Waals surface area contributed by atoms with Gasteiger partial charge in [0.05, 0.1) is 10.7 Å². The number of amides is 1. The molecule has 3 nitrogen and oxygen atoms in total. The van der Waals surface area contributed by atoms with E-state index in [1.165, 1.54) is 23.5 Å². The van der Waals surface area contributed by atoms with E-state index in [0.717, 1.165) is 10.6 Å². The average Bonchev–Trinajstić information content (AvgIpc) is 2.99. The van der Waals surface area contributed by atoms with Gasteiger partial charge >= 0.3 is 0 Å². The number of rotatable bonds is 4. The van der Waals surface area contributed by atoms with Crippen LogP contribution in [0.4, 0.5) is 10.1 Å². The topological polar surface area (TPSA) is 42.0 Å². The van der Waals surface area contributed by atoms with Gasteiger partial charge in [-0.3, -0.25) is 4.79 Å². The first-order valence-corrected chi connectivity index (χ1v) is 7.64. The van der Waals surface area contributed by atoms with Crippen LogP contribution < -0.4 is 5.32 Å². The number of para-hydroxylation sites is 1. The number of nitrogens with one attached hydrogen (secondary N) is 1. The molecular formula is C17H13FN2OS. The Labute approximate surface area is 131 Å². The van der Waals surface area contributed by atoms with Gasteiger partial charge in [-0.15, -0.1) is 11.3 Å². The number of carbonyl (C=O) groups excluding carboxylic acids is 1. The van der Waals surface area contributed by atoms with E-state index in [9.17, 15) is 9.18 Å². The molecule has 3 aromatic rings. The Morgan fingerprint density at radius 3 is 2.59 bits per heavy atom. The molecule has 0 unspecified atom stereocenters. The Balaban J connectivity index is 1.71. The van der Waals surface area contributed by atoms with Crippen molar-refractivity contribution in [2.45, 2.75) is 6.42 Å². The first-order chi connectivity index (χ1) is 10.7. The minimum absolute atomic E-state index is 0.158. The van der Waals surface area contributed by atoms with Gasteiger partial charge in [0.25, 0.3) is 5.91 Å². The fraction of sp³-hybridized carbons (Fsp3) is 0.0588. The van der Waals surface area contributed by atoms with E-state index in [1.807, 2.05) is 30.3 Å². The third kappa shape index (κ3) is 3.38. The fourth-order valence-corrected chi connectivity index (χ4v) is 2.82. The molecule has 1 aromatic heterocycles. The van der Waals surface area contributed by atoms with Crippen LogP contribution in [0.3, 0.4) is 0 Å². The SMILES string of the molecule is O=C(Nc1ccccc1F)c1csc(Cc2ccccc2)n1. The second-order valence-corrected chi connectivity index (χ2v) is 5.67. The van der Waals surface area contributed by atoms with Crippen LogP contribution in [0.1, 0.15) is 21.1 Å². The van der Waals surface area contributed by atoms with Crippen molar-refractivity contribution < 1.29 is 9.18 Å². The highest BCUT2D eigenvalue weighted by Crippen LogP contribution is 2.17. The number of hydrogen-bond acceptors (Lipinski definition) is 3. The molecule has 22 heavy (non-hydrogen) atoms. The van der Waals surface area contributed by atoms with Crippen molar-refractivity contribution in [1.82, 2.24) is 4.98 Å². The minimum atomic E-state index is -0.462. The third-order valence-corrected chi connectivity index (χ3v) is 3.95. The molecular weight excluding hydrogens is 299 g/mol. The molecule has 5 heteroatoms. The van der Waals surface area contributed by atoms with Gasteiger partial charge in [0.15, 0.2) is 0 Å². The molecule has 110 valence electrons. The normalized spacial score (nSPS) is 10.4. The molecule has 0 radical (unpaired) electrons. The summed E-state index contributed by atoms with van der Waals surface area (Å²) < 4.78 is 13.5. The van der Waals surface area contributed by atoms with E-state index in [2.05, 4.69) is 10.3 Å². The summed E-state index contributed by atoms with van der Waals surface area (Å²) in [4.78, 5) is 16.4. The molecule has 2 aromatic carbocycles. The molecule has 0 spiro atoms. The fourth-order valence-electron chi connectivity index (χ4n) is 2.02. The van der Waals surface area contributed by atoms with Gasteiger partial charge < -0.3 is 5.32 Å². The number of halogens is 1. The van der Waals surface area contributed by atoms with E-state index in [4.69, 9.17) is 0 Å². The Morgan fingerprint density at radius 2 is 1.82 bits per heavy atom. The summed E-state index contributed by atoms with van der Waals surface area (Å²) in [6, 6.07) is 16.0. The molecule has 1 heterocycles. The number of anilines is 1. The van der Waals surface area contributed by atoms with E-state index < -0.39 is 11.7 Å². The van der Waals surface area contributed by atoms with Crippen molar-refractivity contribution in [2.75, 3.05) is 5.32 Å². The van der Waals surface area contributed by atoms with E-state index in [1.54, 1.807) is 17.5 Å². The number of benzene rings is 2. The van der Waals surface area contributed by atoms with Gasteiger partial charge in [0.1, 0.15) is 11.5 Å². The minimum Gasteiger partial charge on any atom is -0.318 e. The van der Waals surface area contributed by atoms with Crippen LogP contribution in [0.2, 0.25) is 0 Å². The number of hydrogen-bond donors (Lipinski definition) is 1. The Bertz CT molecular complexity index is 786. The molecule has 0 saturated heterocycles. The predicted octanol–water partition coefficient (Wildman–Crippen LogP) is 4.13. The van der Waals surface area contributed by atoms with E-state index in [0.29, 0.717) is 12.1 Å². The zero-order valence-corrected chi connectivity index (χ0v) is 12.4. The maximum atomic E-state index is 13.5. The Kier molecular flexibility index (Phi) is 4.25. The summed E-state index contributed by atoms with van der Waals surface area (Å²) in [5.41, 5.74) is 1.60. The first-order valence-electron chi connectivity index (χ1n) is 6.76. The molecule has 0 fully saturated rings. The molecule has 0 aliphatic heterocycles. The zero-order valence-electron chi connectivity index (χ0n) is 11.6. The van der Waals surface area contributed by atoms with Gasteiger partial charge in [0, 0.05) is 11.8 Å². The molecule has 3 rings (SSSR count). The molecule has 1 amide bonds. The van der Waals surface area contributed by atoms with Crippen LogP contribution in [0, 0.1) is 5.82 Å². The summed E-state index contributed by atoms with van der Waals surface area (Å²) in [5.74, 6) is -0.865. The lowest BCUT2D eigenvalue weighted by molar-refractivity contribution is 0.102. The monoisotopic (exact) mass is 312 g/mol. The summed E-state index contributed by atoms with van der Waals surface area (Å²) >= 11 is 1.42. The summed E-state index contributed by atoms with van der Waals surface area (Å²) in [5, 5.41) is 5.07. The largest absolute Gasteiger partial charge is 0.318 e. The Hall–Kier alpha value is -2.53. The summed E-state index contributed by atoms with van der Waals surface area (Å²) in [6.45, 7) is 0. The van der Waals surface area contributed by atoms with Crippen molar-refractivity contribution in [3.8, 4) is 0 Å². The van der Waals surface area contributed by atoms with Gasteiger partial charge in [-0.25, -0.2) is 9.37 Å². The lowest BCUT2D eigenvalue weighted by atomic mass is 10.2. The van der Waals surface area contributed by atoms with Crippen molar-refractivity contribution in [1.29, 1.82) is 0 Å². The van der Waals surface area contributed by atoms with Crippen LogP contribution in [0.5, 0.6) is 0 Å². The highest BCUT2D eigenvalue weighted by atomic mass is 32.1.